The van der Waals surface area contributed by atoms with E-state index in [1.54, 1.807) is 0 Å². The molecule has 182 valence electrons. The van der Waals surface area contributed by atoms with Crippen LogP contribution in [0.1, 0.15) is 37.7 Å². The summed E-state index contributed by atoms with van der Waals surface area (Å²) < 4.78 is 0. The van der Waals surface area contributed by atoms with Crippen LogP contribution in [0.2, 0.25) is 0 Å². The third kappa shape index (κ3) is 6.09. The summed E-state index contributed by atoms with van der Waals surface area (Å²) >= 11 is 0. The number of benzene rings is 1. The van der Waals surface area contributed by atoms with E-state index in [2.05, 4.69) is 10.7 Å². The molecule has 2 aliphatic rings. The number of rotatable bonds is 9. The lowest BCUT2D eigenvalue weighted by atomic mass is 10.1. The van der Waals surface area contributed by atoms with E-state index in [-0.39, 0.29) is 38.3 Å². The summed E-state index contributed by atoms with van der Waals surface area (Å²) in [6, 6.07) is 6.20. The van der Waals surface area contributed by atoms with Crippen LogP contribution in [0.3, 0.4) is 0 Å². The van der Waals surface area contributed by atoms with Crippen LogP contribution < -0.4 is 10.7 Å². The second-order valence-electron chi connectivity index (χ2n) is 8.07. The van der Waals surface area contributed by atoms with E-state index in [4.69, 9.17) is 5.11 Å². The Bertz CT molecular complexity index is 954. The summed E-state index contributed by atoms with van der Waals surface area (Å²) in [4.78, 5) is 73.4. The predicted molar refractivity (Wildman–Crippen MR) is 116 cm³/mol. The molecule has 0 saturated carbocycles. The van der Waals surface area contributed by atoms with Crippen molar-refractivity contribution in [2.45, 2.75) is 50.6 Å². The molecule has 2 saturated heterocycles. The number of carboxylic acid groups (broad SMARTS) is 1. The van der Waals surface area contributed by atoms with Crippen LogP contribution in [-0.2, 0) is 30.4 Å². The van der Waals surface area contributed by atoms with Crippen LogP contribution in [-0.4, -0.2) is 81.3 Å². The van der Waals surface area contributed by atoms with Gasteiger partial charge in [0.1, 0.15) is 12.3 Å². The second kappa shape index (κ2) is 11.3. The van der Waals surface area contributed by atoms with Gasteiger partial charge in [0, 0.05) is 19.4 Å². The van der Waals surface area contributed by atoms with Gasteiger partial charge in [-0.05, 0) is 24.8 Å². The maximum atomic E-state index is 13.3. The molecule has 3 N–H and O–H groups in total. The summed E-state index contributed by atoms with van der Waals surface area (Å²) in [6.07, 6.45) is 0.864. The van der Waals surface area contributed by atoms with Crippen LogP contribution in [0, 0.1) is 0 Å². The lowest BCUT2D eigenvalue weighted by molar-refractivity contribution is -0.155. The molecule has 34 heavy (non-hydrogen) atoms. The first-order valence-corrected chi connectivity index (χ1v) is 11.0. The fraction of sp³-hybridized carbons (Fsp3) is 0.455. The molecule has 3 rings (SSSR count). The minimum Gasteiger partial charge on any atom is -0.481 e. The van der Waals surface area contributed by atoms with Crippen molar-refractivity contribution in [3.63, 3.8) is 0 Å². The summed E-state index contributed by atoms with van der Waals surface area (Å²) in [5, 5.41) is 14.4. The van der Waals surface area contributed by atoms with Gasteiger partial charge in [0.15, 0.2) is 0 Å². The number of urea groups is 1. The number of amides is 5. The van der Waals surface area contributed by atoms with Crippen molar-refractivity contribution in [3.05, 3.63) is 35.9 Å². The zero-order chi connectivity index (χ0) is 24.7. The van der Waals surface area contributed by atoms with Crippen molar-refractivity contribution in [3.8, 4) is 0 Å². The molecule has 2 unspecified atom stereocenters. The highest BCUT2D eigenvalue weighted by atomic mass is 16.4. The molecule has 0 radical (unpaired) electrons. The Hall–Kier alpha value is -3.96. The number of hydrogen-bond acceptors (Lipinski definition) is 6. The minimum atomic E-state index is -1.27. The number of nitrogens with one attached hydrogen (secondary N) is 2. The number of carbonyl (C=O) groups excluding carboxylic acids is 5. The molecular weight excluding hydrogens is 446 g/mol. The van der Waals surface area contributed by atoms with Gasteiger partial charge in [0.2, 0.25) is 17.7 Å². The van der Waals surface area contributed by atoms with Gasteiger partial charge in [-0.15, -0.1) is 0 Å². The standard InChI is InChI=1S/C22H27N5O7/c28-14-16(13-20(31)32)23-21(33)17-7-4-11-26-19(30)10-12-25(22(34)27(17)26)24-18(29)9-8-15-5-2-1-3-6-15/h1-3,5-6,14,16-17H,4,7-13H2,(H,23,33)(H,24,29)(H,31,32). The number of hydrogen-bond donors (Lipinski definition) is 3. The highest BCUT2D eigenvalue weighted by Crippen LogP contribution is 2.23. The Morgan fingerprint density at radius 2 is 1.88 bits per heavy atom. The van der Waals surface area contributed by atoms with Crippen LogP contribution >= 0.6 is 0 Å². The number of aliphatic carboxylic acids is 1. The molecule has 2 fully saturated rings. The number of hydrazine groups is 2. The predicted octanol–water partition coefficient (Wildman–Crippen LogP) is -0.157. The van der Waals surface area contributed by atoms with Gasteiger partial charge in [-0.3, -0.25) is 24.6 Å². The summed E-state index contributed by atoms with van der Waals surface area (Å²) in [5.74, 6) is -2.82. The number of carbonyl (C=O) groups is 6. The molecule has 5 amide bonds. The highest BCUT2D eigenvalue weighted by molar-refractivity contribution is 5.92. The van der Waals surface area contributed by atoms with Crippen LogP contribution in [0.5, 0.6) is 0 Å². The Morgan fingerprint density at radius 1 is 1.15 bits per heavy atom. The average Bonchev–Trinajstić information content (AvgIpc) is 2.94. The smallest absolute Gasteiger partial charge is 0.358 e. The van der Waals surface area contributed by atoms with E-state index in [1.165, 1.54) is 5.01 Å². The Morgan fingerprint density at radius 3 is 2.56 bits per heavy atom. The largest absolute Gasteiger partial charge is 0.481 e. The zero-order valence-corrected chi connectivity index (χ0v) is 18.5. The van der Waals surface area contributed by atoms with Crippen molar-refractivity contribution in [1.82, 2.24) is 25.8 Å². The molecule has 12 nitrogen and oxygen atoms in total. The first kappa shape index (κ1) is 24.7. The molecule has 1 aromatic carbocycles. The lowest BCUT2D eigenvalue weighted by Gasteiger charge is -2.42. The van der Waals surface area contributed by atoms with E-state index < -0.39 is 42.3 Å². The van der Waals surface area contributed by atoms with E-state index in [0.717, 1.165) is 15.6 Å². The normalized spacial score (nSPS) is 19.1. The minimum absolute atomic E-state index is 0.0501. The van der Waals surface area contributed by atoms with E-state index >= 15 is 0 Å². The fourth-order valence-corrected chi connectivity index (χ4v) is 3.93. The van der Waals surface area contributed by atoms with Crippen molar-refractivity contribution in [2.75, 3.05) is 13.1 Å². The maximum Gasteiger partial charge on any atom is 0.358 e. The Balaban J connectivity index is 1.71. The summed E-state index contributed by atoms with van der Waals surface area (Å²) in [5.41, 5.74) is 3.49. The third-order valence-electron chi connectivity index (χ3n) is 5.60. The van der Waals surface area contributed by atoms with Crippen molar-refractivity contribution in [1.29, 1.82) is 0 Å². The molecule has 1 aromatic rings. The van der Waals surface area contributed by atoms with Crippen LogP contribution in [0.15, 0.2) is 30.3 Å². The van der Waals surface area contributed by atoms with Gasteiger partial charge in [-0.1, -0.05) is 30.3 Å². The van der Waals surface area contributed by atoms with Gasteiger partial charge in [0.05, 0.1) is 19.0 Å². The second-order valence-corrected chi connectivity index (χ2v) is 8.07. The average molecular weight is 473 g/mol. The topological polar surface area (TPSA) is 156 Å². The molecule has 0 bridgehead atoms. The van der Waals surface area contributed by atoms with Crippen LogP contribution in [0.25, 0.3) is 0 Å². The molecule has 2 aliphatic heterocycles. The van der Waals surface area contributed by atoms with E-state index in [0.29, 0.717) is 19.1 Å². The molecular formula is C22H27N5O7. The SMILES string of the molecule is O=CC(CC(=O)O)NC(=O)C1CCCN2C(=O)CCN(NC(=O)CCc3ccccc3)C(=O)N12. The molecule has 12 heteroatoms. The van der Waals surface area contributed by atoms with Gasteiger partial charge < -0.3 is 15.2 Å². The fourth-order valence-electron chi connectivity index (χ4n) is 3.93. The van der Waals surface area contributed by atoms with Gasteiger partial charge >= 0.3 is 12.0 Å². The van der Waals surface area contributed by atoms with Crippen molar-refractivity contribution >= 4 is 36.0 Å². The number of fused-ring (bicyclic) bond motifs is 1. The molecule has 2 atom stereocenters. The number of carboxylic acids is 1. The number of aryl methyl sites for hydroxylation is 1. The summed E-state index contributed by atoms with van der Waals surface area (Å²) in [6.45, 7) is 0.155. The van der Waals surface area contributed by atoms with Gasteiger partial charge in [0.25, 0.3) is 0 Å². The molecule has 0 aliphatic carbocycles. The third-order valence-corrected chi connectivity index (χ3v) is 5.60. The van der Waals surface area contributed by atoms with Crippen molar-refractivity contribution < 1.29 is 33.9 Å². The first-order valence-electron chi connectivity index (χ1n) is 11.0. The molecule has 0 spiro atoms. The zero-order valence-electron chi connectivity index (χ0n) is 18.5. The summed E-state index contributed by atoms with van der Waals surface area (Å²) in [7, 11) is 0. The quantitative estimate of drug-likeness (QED) is 0.421. The number of nitrogens with zero attached hydrogens (tertiary/aromatic N) is 3. The lowest BCUT2D eigenvalue weighted by Crippen LogP contribution is -2.64. The first-order chi connectivity index (χ1) is 16.3. The van der Waals surface area contributed by atoms with Gasteiger partial charge in [-0.2, -0.15) is 0 Å². The Labute approximate surface area is 195 Å². The maximum absolute atomic E-state index is 13.3. The van der Waals surface area contributed by atoms with E-state index in [9.17, 15) is 28.8 Å². The number of aldehydes is 1. The van der Waals surface area contributed by atoms with Gasteiger partial charge in [-0.25, -0.2) is 19.8 Å². The van der Waals surface area contributed by atoms with Crippen molar-refractivity contribution in [2.24, 2.45) is 0 Å². The van der Waals surface area contributed by atoms with E-state index in [1.807, 2.05) is 30.3 Å². The highest BCUT2D eigenvalue weighted by Gasteiger charge is 2.44. The molecule has 2 heterocycles. The van der Waals surface area contributed by atoms with Crippen LogP contribution in [0.4, 0.5) is 4.79 Å². The molecule has 0 aromatic heterocycles. The monoisotopic (exact) mass is 473 g/mol. The Kier molecular flexibility index (Phi) is 8.17.